The summed E-state index contributed by atoms with van der Waals surface area (Å²) in [5.74, 6) is 0. The molecule has 0 bridgehead atoms. The van der Waals surface area contributed by atoms with Gasteiger partial charge in [0.25, 0.3) is 0 Å². The second-order valence-corrected chi connectivity index (χ2v) is 6.99. The van der Waals surface area contributed by atoms with Gasteiger partial charge in [-0.3, -0.25) is 0 Å². The van der Waals surface area contributed by atoms with Gasteiger partial charge in [0.05, 0.1) is 24.4 Å². The summed E-state index contributed by atoms with van der Waals surface area (Å²) in [5.41, 5.74) is 1.33. The maximum absolute atomic E-state index is 5.67. The van der Waals surface area contributed by atoms with Crippen molar-refractivity contribution in [2.24, 2.45) is 5.41 Å². The van der Waals surface area contributed by atoms with E-state index in [0.717, 1.165) is 25.1 Å². The van der Waals surface area contributed by atoms with Crippen LogP contribution in [0.25, 0.3) is 0 Å². The van der Waals surface area contributed by atoms with E-state index in [-0.39, 0.29) is 5.60 Å². The molecule has 0 saturated carbocycles. The van der Waals surface area contributed by atoms with Crippen molar-refractivity contribution in [2.45, 2.75) is 66.5 Å². The lowest BCUT2D eigenvalue weighted by molar-refractivity contribution is -0.00805. The molecule has 0 atom stereocenters. The van der Waals surface area contributed by atoms with E-state index >= 15 is 0 Å². The summed E-state index contributed by atoms with van der Waals surface area (Å²) in [5, 5.41) is 8.31. The van der Waals surface area contributed by atoms with Crippen LogP contribution < -0.4 is 0 Å². The fourth-order valence-corrected chi connectivity index (χ4v) is 1.51. The van der Waals surface area contributed by atoms with Crippen LogP contribution in [-0.4, -0.2) is 27.2 Å². The number of hydrogen-bond acceptors (Lipinski definition) is 3. The minimum atomic E-state index is -0.0877. The summed E-state index contributed by atoms with van der Waals surface area (Å²) in [6, 6.07) is 0. The first-order valence-corrected chi connectivity index (χ1v) is 6.69. The zero-order chi connectivity index (χ0) is 13.8. The average Bonchev–Trinajstić information content (AvgIpc) is 2.60. The maximum Gasteiger partial charge on any atom is 0.0827 e. The predicted octanol–water partition coefficient (Wildman–Crippen LogP) is 3.07. The molecular weight excluding hydrogens is 226 g/mol. The Hall–Kier alpha value is -0.900. The molecule has 1 aromatic rings. The molecule has 0 amide bonds. The molecule has 0 aliphatic carbocycles. The van der Waals surface area contributed by atoms with E-state index in [1.165, 1.54) is 0 Å². The number of aromatic nitrogens is 3. The Morgan fingerprint density at radius 3 is 2.39 bits per heavy atom. The van der Waals surface area contributed by atoms with Gasteiger partial charge in [0, 0.05) is 6.20 Å². The number of rotatable bonds is 5. The average molecular weight is 253 g/mol. The number of ether oxygens (including phenoxy) is 1. The Balaban J connectivity index is 2.35. The Kier molecular flexibility index (Phi) is 4.91. The standard InChI is InChI=1S/C14H27N3O/c1-13(2,3)8-7-12-11-17(16-15-12)9-10-18-14(4,5)6/h11H,7-10H2,1-6H3. The van der Waals surface area contributed by atoms with Crippen LogP contribution in [0.4, 0.5) is 0 Å². The van der Waals surface area contributed by atoms with Crippen molar-refractivity contribution in [3.63, 3.8) is 0 Å². The van der Waals surface area contributed by atoms with E-state index in [9.17, 15) is 0 Å². The minimum absolute atomic E-state index is 0.0877. The molecule has 1 aromatic heterocycles. The van der Waals surface area contributed by atoms with Gasteiger partial charge in [0.1, 0.15) is 0 Å². The van der Waals surface area contributed by atoms with Crippen molar-refractivity contribution in [2.75, 3.05) is 6.61 Å². The molecular formula is C14H27N3O. The Morgan fingerprint density at radius 2 is 1.83 bits per heavy atom. The van der Waals surface area contributed by atoms with E-state index in [0.29, 0.717) is 12.0 Å². The second kappa shape index (κ2) is 5.83. The quantitative estimate of drug-likeness (QED) is 0.809. The van der Waals surface area contributed by atoms with E-state index in [2.05, 4.69) is 51.9 Å². The normalized spacial score (nSPS) is 13.0. The molecule has 1 heterocycles. The molecule has 0 aliphatic rings. The molecule has 0 saturated heterocycles. The van der Waals surface area contributed by atoms with Crippen molar-refractivity contribution < 1.29 is 4.74 Å². The molecule has 4 nitrogen and oxygen atoms in total. The molecule has 0 spiro atoms. The molecule has 0 fully saturated rings. The molecule has 18 heavy (non-hydrogen) atoms. The summed E-state index contributed by atoms with van der Waals surface area (Å²) < 4.78 is 7.53. The van der Waals surface area contributed by atoms with Crippen molar-refractivity contribution in [3.05, 3.63) is 11.9 Å². The van der Waals surface area contributed by atoms with E-state index in [1.807, 2.05) is 10.9 Å². The van der Waals surface area contributed by atoms with E-state index < -0.39 is 0 Å². The number of hydrogen-bond donors (Lipinski definition) is 0. The number of aryl methyl sites for hydroxylation is 1. The van der Waals surface area contributed by atoms with Crippen LogP contribution in [0.15, 0.2) is 6.20 Å². The molecule has 0 N–H and O–H groups in total. The molecule has 0 radical (unpaired) electrons. The fourth-order valence-electron chi connectivity index (χ4n) is 1.51. The third-order valence-electron chi connectivity index (χ3n) is 2.57. The van der Waals surface area contributed by atoms with Gasteiger partial charge in [-0.15, -0.1) is 5.10 Å². The van der Waals surface area contributed by atoms with Crippen molar-refractivity contribution in [1.29, 1.82) is 0 Å². The van der Waals surface area contributed by atoms with Crippen LogP contribution in [0.5, 0.6) is 0 Å². The molecule has 104 valence electrons. The highest BCUT2D eigenvalue weighted by Gasteiger charge is 2.12. The van der Waals surface area contributed by atoms with Gasteiger partial charge in [-0.1, -0.05) is 26.0 Å². The third kappa shape index (κ3) is 6.74. The minimum Gasteiger partial charge on any atom is -0.374 e. The van der Waals surface area contributed by atoms with Crippen LogP contribution >= 0.6 is 0 Å². The molecule has 1 rings (SSSR count). The SMILES string of the molecule is CC(C)(C)CCc1cn(CCOC(C)(C)C)nn1. The first kappa shape index (κ1) is 15.2. The van der Waals surface area contributed by atoms with Gasteiger partial charge in [-0.2, -0.15) is 0 Å². The Morgan fingerprint density at radius 1 is 1.17 bits per heavy atom. The van der Waals surface area contributed by atoms with Crippen molar-refractivity contribution in [3.8, 4) is 0 Å². The summed E-state index contributed by atoms with van der Waals surface area (Å²) >= 11 is 0. The fraction of sp³-hybridized carbons (Fsp3) is 0.857. The van der Waals surface area contributed by atoms with Crippen LogP contribution in [0, 0.1) is 5.41 Å². The molecule has 0 aromatic carbocycles. The summed E-state index contributed by atoms with van der Waals surface area (Å²) in [6.45, 7) is 14.3. The van der Waals surface area contributed by atoms with Crippen molar-refractivity contribution in [1.82, 2.24) is 15.0 Å². The highest BCUT2D eigenvalue weighted by atomic mass is 16.5. The van der Waals surface area contributed by atoms with Crippen LogP contribution in [0.3, 0.4) is 0 Å². The van der Waals surface area contributed by atoms with Gasteiger partial charge >= 0.3 is 0 Å². The zero-order valence-electron chi connectivity index (χ0n) is 12.7. The van der Waals surface area contributed by atoms with Crippen LogP contribution in [-0.2, 0) is 17.7 Å². The summed E-state index contributed by atoms with van der Waals surface area (Å²) in [6.07, 6.45) is 4.14. The largest absolute Gasteiger partial charge is 0.374 e. The summed E-state index contributed by atoms with van der Waals surface area (Å²) in [7, 11) is 0. The lowest BCUT2D eigenvalue weighted by Crippen LogP contribution is -2.22. The third-order valence-corrected chi connectivity index (χ3v) is 2.57. The van der Waals surface area contributed by atoms with Crippen LogP contribution in [0.1, 0.15) is 53.7 Å². The van der Waals surface area contributed by atoms with Gasteiger partial charge in [0.2, 0.25) is 0 Å². The van der Waals surface area contributed by atoms with Gasteiger partial charge in [-0.05, 0) is 39.0 Å². The lowest BCUT2D eigenvalue weighted by Gasteiger charge is -2.19. The van der Waals surface area contributed by atoms with Gasteiger partial charge in [-0.25, -0.2) is 4.68 Å². The lowest BCUT2D eigenvalue weighted by atomic mass is 9.90. The second-order valence-electron chi connectivity index (χ2n) is 6.99. The maximum atomic E-state index is 5.67. The Labute approximate surface area is 111 Å². The van der Waals surface area contributed by atoms with Gasteiger partial charge in [0.15, 0.2) is 0 Å². The van der Waals surface area contributed by atoms with Crippen LogP contribution in [0.2, 0.25) is 0 Å². The van der Waals surface area contributed by atoms with Crippen molar-refractivity contribution >= 4 is 0 Å². The molecule has 0 aliphatic heterocycles. The molecule has 0 unspecified atom stereocenters. The van der Waals surface area contributed by atoms with E-state index in [1.54, 1.807) is 0 Å². The highest BCUT2D eigenvalue weighted by Crippen LogP contribution is 2.20. The highest BCUT2D eigenvalue weighted by molar-refractivity contribution is 4.93. The first-order valence-electron chi connectivity index (χ1n) is 6.69. The summed E-state index contributed by atoms with van der Waals surface area (Å²) in [4.78, 5) is 0. The number of nitrogens with zero attached hydrogens (tertiary/aromatic N) is 3. The monoisotopic (exact) mass is 253 g/mol. The molecule has 4 heteroatoms. The van der Waals surface area contributed by atoms with Gasteiger partial charge < -0.3 is 4.74 Å². The predicted molar refractivity (Wildman–Crippen MR) is 73.5 cm³/mol. The first-order chi connectivity index (χ1) is 8.16. The topological polar surface area (TPSA) is 39.9 Å². The zero-order valence-corrected chi connectivity index (χ0v) is 12.7. The Bertz CT molecular complexity index is 358. The van der Waals surface area contributed by atoms with E-state index in [4.69, 9.17) is 4.74 Å². The smallest absolute Gasteiger partial charge is 0.0827 e.